The Kier molecular flexibility index (Phi) is 5.59. The fourth-order valence-corrected chi connectivity index (χ4v) is 3.25. The SMILES string of the molecule is O=c1cc(CO)n(Cc2ccco2)cc1OC(c1ccccc1)c1ccccc1. The predicted octanol–water partition coefficient (Wildman–Crippen LogP) is 4.15. The highest BCUT2D eigenvalue weighted by molar-refractivity contribution is 5.33. The van der Waals surface area contributed by atoms with Gasteiger partial charge in [-0.25, -0.2) is 0 Å². The lowest BCUT2D eigenvalue weighted by Crippen LogP contribution is -2.19. The molecule has 0 unspecified atom stereocenters. The summed E-state index contributed by atoms with van der Waals surface area (Å²) in [6, 6.07) is 24.6. The molecule has 2 aromatic heterocycles. The second kappa shape index (κ2) is 8.63. The molecule has 5 heteroatoms. The molecule has 0 amide bonds. The molecule has 5 nitrogen and oxygen atoms in total. The Labute approximate surface area is 168 Å². The van der Waals surface area contributed by atoms with Gasteiger partial charge in [-0.05, 0) is 23.3 Å². The molecule has 0 atom stereocenters. The van der Waals surface area contributed by atoms with E-state index in [-0.39, 0.29) is 17.8 Å². The van der Waals surface area contributed by atoms with Crippen molar-refractivity contribution in [1.82, 2.24) is 4.57 Å². The molecule has 0 aliphatic heterocycles. The van der Waals surface area contributed by atoms with Crippen molar-refractivity contribution in [3.8, 4) is 5.75 Å². The summed E-state index contributed by atoms with van der Waals surface area (Å²) in [6.45, 7) is 0.137. The van der Waals surface area contributed by atoms with Crippen molar-refractivity contribution < 1.29 is 14.3 Å². The van der Waals surface area contributed by atoms with Crippen LogP contribution in [0.15, 0.2) is 101 Å². The molecule has 2 heterocycles. The van der Waals surface area contributed by atoms with Crippen LogP contribution in [0.2, 0.25) is 0 Å². The summed E-state index contributed by atoms with van der Waals surface area (Å²) in [5, 5.41) is 9.67. The zero-order valence-corrected chi connectivity index (χ0v) is 15.8. The van der Waals surface area contributed by atoms with E-state index in [9.17, 15) is 9.90 Å². The second-order valence-corrected chi connectivity index (χ2v) is 6.68. The normalized spacial score (nSPS) is 11.0. The lowest BCUT2D eigenvalue weighted by molar-refractivity contribution is 0.239. The van der Waals surface area contributed by atoms with Gasteiger partial charge in [0, 0.05) is 11.8 Å². The van der Waals surface area contributed by atoms with E-state index in [0.29, 0.717) is 12.2 Å². The molecule has 1 N–H and O–H groups in total. The van der Waals surface area contributed by atoms with Gasteiger partial charge in [0.1, 0.15) is 11.9 Å². The first kappa shape index (κ1) is 18.8. The zero-order valence-electron chi connectivity index (χ0n) is 15.8. The molecule has 2 aromatic carbocycles. The second-order valence-electron chi connectivity index (χ2n) is 6.68. The van der Waals surface area contributed by atoms with Crippen LogP contribution >= 0.6 is 0 Å². The van der Waals surface area contributed by atoms with Gasteiger partial charge in [0.05, 0.1) is 25.6 Å². The Morgan fingerprint density at radius 3 is 2.14 bits per heavy atom. The summed E-state index contributed by atoms with van der Waals surface area (Å²) < 4.78 is 13.4. The summed E-state index contributed by atoms with van der Waals surface area (Å²) in [6.07, 6.45) is 2.80. The van der Waals surface area contributed by atoms with E-state index in [1.807, 2.05) is 66.7 Å². The van der Waals surface area contributed by atoms with Crippen LogP contribution in [-0.2, 0) is 13.2 Å². The van der Waals surface area contributed by atoms with Gasteiger partial charge in [-0.2, -0.15) is 0 Å². The molecule has 0 saturated heterocycles. The molecule has 0 bridgehead atoms. The molecule has 0 saturated carbocycles. The van der Waals surface area contributed by atoms with E-state index in [4.69, 9.17) is 9.15 Å². The monoisotopic (exact) mass is 387 g/mol. The third-order valence-electron chi connectivity index (χ3n) is 4.70. The van der Waals surface area contributed by atoms with E-state index in [2.05, 4.69) is 0 Å². The molecule has 0 aliphatic carbocycles. The minimum atomic E-state index is -0.429. The van der Waals surface area contributed by atoms with E-state index >= 15 is 0 Å². The number of aliphatic hydroxyl groups is 1. The van der Waals surface area contributed by atoms with Crippen LogP contribution in [0, 0.1) is 0 Å². The maximum absolute atomic E-state index is 12.7. The first-order valence-corrected chi connectivity index (χ1v) is 9.38. The third kappa shape index (κ3) is 4.31. The van der Waals surface area contributed by atoms with Crippen molar-refractivity contribution in [2.45, 2.75) is 19.3 Å². The van der Waals surface area contributed by atoms with Crippen LogP contribution in [0.1, 0.15) is 28.7 Å². The smallest absolute Gasteiger partial charge is 0.223 e. The molecule has 29 heavy (non-hydrogen) atoms. The minimum Gasteiger partial charge on any atom is -0.475 e. The number of hydrogen-bond acceptors (Lipinski definition) is 4. The maximum atomic E-state index is 12.7. The lowest BCUT2D eigenvalue weighted by atomic mass is 10.0. The van der Waals surface area contributed by atoms with Crippen molar-refractivity contribution in [2.75, 3.05) is 0 Å². The van der Waals surface area contributed by atoms with Gasteiger partial charge in [-0.15, -0.1) is 0 Å². The van der Waals surface area contributed by atoms with Crippen molar-refractivity contribution in [1.29, 1.82) is 0 Å². The van der Waals surface area contributed by atoms with Gasteiger partial charge in [-0.1, -0.05) is 60.7 Å². The Morgan fingerprint density at radius 2 is 1.59 bits per heavy atom. The van der Waals surface area contributed by atoms with Gasteiger partial charge < -0.3 is 18.8 Å². The van der Waals surface area contributed by atoms with E-state index in [0.717, 1.165) is 16.9 Å². The first-order valence-electron chi connectivity index (χ1n) is 9.38. The van der Waals surface area contributed by atoms with Crippen LogP contribution in [0.25, 0.3) is 0 Å². The fourth-order valence-electron chi connectivity index (χ4n) is 3.25. The van der Waals surface area contributed by atoms with Gasteiger partial charge in [0.15, 0.2) is 5.75 Å². The molecule has 4 aromatic rings. The van der Waals surface area contributed by atoms with Gasteiger partial charge in [0.25, 0.3) is 0 Å². The number of nitrogens with zero attached hydrogens (tertiary/aromatic N) is 1. The minimum absolute atomic E-state index is 0.214. The van der Waals surface area contributed by atoms with E-state index < -0.39 is 6.10 Å². The standard InChI is InChI=1S/C24H21NO4/c26-17-20-14-22(27)23(16-25(20)15-21-12-7-13-28-21)29-24(18-8-3-1-4-9-18)19-10-5-2-6-11-19/h1-14,16,24,26H,15,17H2. The molecular formula is C24H21NO4. The quantitative estimate of drug-likeness (QED) is 0.517. The summed E-state index contributed by atoms with van der Waals surface area (Å²) >= 11 is 0. The van der Waals surface area contributed by atoms with Crippen molar-refractivity contribution >= 4 is 0 Å². The molecule has 0 fully saturated rings. The summed E-state index contributed by atoms with van der Waals surface area (Å²) in [4.78, 5) is 12.7. The highest BCUT2D eigenvalue weighted by Gasteiger charge is 2.18. The fraction of sp³-hybridized carbons (Fsp3) is 0.125. The Hall–Kier alpha value is -3.57. The average molecular weight is 387 g/mol. The predicted molar refractivity (Wildman–Crippen MR) is 110 cm³/mol. The number of pyridine rings is 1. The third-order valence-corrected chi connectivity index (χ3v) is 4.70. The van der Waals surface area contributed by atoms with Gasteiger partial charge in [-0.3, -0.25) is 4.79 Å². The Bertz CT molecular complexity index is 1060. The van der Waals surface area contributed by atoms with Crippen LogP contribution in [0.3, 0.4) is 0 Å². The van der Waals surface area contributed by atoms with E-state index in [1.54, 1.807) is 23.1 Å². The Morgan fingerprint density at radius 1 is 0.931 bits per heavy atom. The number of aromatic nitrogens is 1. The number of benzene rings is 2. The molecule has 0 radical (unpaired) electrons. The summed E-state index contributed by atoms with van der Waals surface area (Å²) in [5.74, 6) is 0.934. The Balaban J connectivity index is 1.73. The van der Waals surface area contributed by atoms with Crippen LogP contribution in [-0.4, -0.2) is 9.67 Å². The average Bonchev–Trinajstić information content (AvgIpc) is 3.28. The van der Waals surface area contributed by atoms with E-state index in [1.165, 1.54) is 6.07 Å². The molecule has 0 aliphatic rings. The highest BCUT2D eigenvalue weighted by atomic mass is 16.5. The largest absolute Gasteiger partial charge is 0.475 e. The van der Waals surface area contributed by atoms with Gasteiger partial charge >= 0.3 is 0 Å². The number of ether oxygens (including phenoxy) is 1. The maximum Gasteiger partial charge on any atom is 0.223 e. The number of hydrogen-bond donors (Lipinski definition) is 1. The summed E-state index contributed by atoms with van der Waals surface area (Å²) in [5.41, 5.74) is 2.11. The molecule has 0 spiro atoms. The van der Waals surface area contributed by atoms with Crippen molar-refractivity contribution in [2.24, 2.45) is 0 Å². The molecular weight excluding hydrogens is 366 g/mol. The lowest BCUT2D eigenvalue weighted by Gasteiger charge is -2.21. The van der Waals surface area contributed by atoms with Crippen LogP contribution < -0.4 is 10.2 Å². The van der Waals surface area contributed by atoms with Crippen LogP contribution in [0.5, 0.6) is 5.75 Å². The zero-order chi connectivity index (χ0) is 20.1. The number of aliphatic hydroxyl groups excluding tert-OH is 1. The van der Waals surface area contributed by atoms with Crippen molar-refractivity contribution in [3.63, 3.8) is 0 Å². The first-order chi connectivity index (χ1) is 14.2. The number of furan rings is 1. The summed E-state index contributed by atoms with van der Waals surface area (Å²) in [7, 11) is 0. The topological polar surface area (TPSA) is 64.6 Å². The van der Waals surface area contributed by atoms with Crippen molar-refractivity contribution in [3.05, 3.63) is 124 Å². The molecule has 146 valence electrons. The van der Waals surface area contributed by atoms with Gasteiger partial charge in [0.2, 0.25) is 5.43 Å². The highest BCUT2D eigenvalue weighted by Crippen LogP contribution is 2.27. The molecule has 4 rings (SSSR count). The number of rotatable bonds is 7. The van der Waals surface area contributed by atoms with Crippen LogP contribution in [0.4, 0.5) is 0 Å².